The van der Waals surface area contributed by atoms with Crippen LogP contribution in [0.3, 0.4) is 0 Å². The fraction of sp³-hybridized carbons (Fsp3) is 0.227. The summed E-state index contributed by atoms with van der Waals surface area (Å²) >= 11 is 0. The summed E-state index contributed by atoms with van der Waals surface area (Å²) in [6, 6.07) is 14.7. The van der Waals surface area contributed by atoms with E-state index < -0.39 is 0 Å². The molecule has 6 nitrogen and oxygen atoms in total. The largest absolute Gasteiger partial charge is 0.497 e. The molecular weight excluding hydrogens is 373 g/mol. The lowest BCUT2D eigenvalue weighted by Gasteiger charge is -2.37. The molecule has 0 fully saturated rings. The van der Waals surface area contributed by atoms with Gasteiger partial charge in [0, 0.05) is 42.3 Å². The molecule has 1 aliphatic rings. The van der Waals surface area contributed by atoms with Gasteiger partial charge in [0.1, 0.15) is 23.4 Å². The number of fused-ring (bicyclic) bond motifs is 1. The minimum atomic E-state index is -0.348. The van der Waals surface area contributed by atoms with Crippen LogP contribution in [0.25, 0.3) is 0 Å². The smallest absolute Gasteiger partial charge is 0.322 e. The van der Waals surface area contributed by atoms with Crippen molar-refractivity contribution in [2.75, 3.05) is 26.1 Å². The standard InChI is InChI=1S/C22H22FN3O3/c1-28-17-9-10-18(20(14-17)29-2)21-19-4-3-11-25(19)12-13-26(21)22(27)24-16-7-5-15(23)6-8-16/h3-11,14,21H,12-13H2,1-2H3,(H,24,27)/t21-/m0/s1. The lowest BCUT2D eigenvalue weighted by molar-refractivity contribution is 0.180. The molecule has 0 saturated carbocycles. The summed E-state index contributed by atoms with van der Waals surface area (Å²) in [5, 5.41) is 2.87. The van der Waals surface area contributed by atoms with Gasteiger partial charge in [-0.3, -0.25) is 0 Å². The third-order valence-corrected chi connectivity index (χ3v) is 5.13. The Morgan fingerprint density at radius 1 is 1.07 bits per heavy atom. The normalized spacial score (nSPS) is 15.6. The van der Waals surface area contributed by atoms with Gasteiger partial charge >= 0.3 is 6.03 Å². The summed E-state index contributed by atoms with van der Waals surface area (Å²) in [5.74, 6) is 0.974. The summed E-state index contributed by atoms with van der Waals surface area (Å²) < 4.78 is 26.2. The number of carbonyl (C=O) groups is 1. The lowest BCUT2D eigenvalue weighted by atomic mass is 9.99. The van der Waals surface area contributed by atoms with Crippen molar-refractivity contribution in [2.45, 2.75) is 12.6 Å². The number of ether oxygens (including phenoxy) is 2. The molecule has 0 unspecified atom stereocenters. The maximum atomic E-state index is 13.2. The van der Waals surface area contributed by atoms with Crippen LogP contribution in [0, 0.1) is 5.82 Å². The molecule has 0 saturated heterocycles. The van der Waals surface area contributed by atoms with Crippen molar-refractivity contribution < 1.29 is 18.7 Å². The van der Waals surface area contributed by atoms with Gasteiger partial charge in [-0.15, -0.1) is 0 Å². The summed E-state index contributed by atoms with van der Waals surface area (Å²) in [6.07, 6.45) is 2.01. The van der Waals surface area contributed by atoms with Crippen LogP contribution in [0.15, 0.2) is 60.8 Å². The molecule has 1 N–H and O–H groups in total. The maximum absolute atomic E-state index is 13.2. The third kappa shape index (κ3) is 3.63. The summed E-state index contributed by atoms with van der Waals surface area (Å²) in [4.78, 5) is 14.9. The van der Waals surface area contributed by atoms with Gasteiger partial charge < -0.3 is 24.3 Å². The van der Waals surface area contributed by atoms with Crippen LogP contribution >= 0.6 is 0 Å². The third-order valence-electron chi connectivity index (χ3n) is 5.13. The fourth-order valence-electron chi connectivity index (χ4n) is 3.70. The van der Waals surface area contributed by atoms with Crippen LogP contribution in [0.1, 0.15) is 17.3 Å². The average Bonchev–Trinajstić information content (AvgIpc) is 3.23. The van der Waals surface area contributed by atoms with Crippen LogP contribution in [0.4, 0.5) is 14.9 Å². The second-order valence-corrected chi connectivity index (χ2v) is 6.77. The second-order valence-electron chi connectivity index (χ2n) is 6.77. The number of rotatable bonds is 4. The van der Waals surface area contributed by atoms with Gasteiger partial charge in [-0.2, -0.15) is 0 Å². The van der Waals surface area contributed by atoms with Crippen LogP contribution in [-0.4, -0.2) is 36.3 Å². The minimum Gasteiger partial charge on any atom is -0.497 e. The number of amides is 2. The number of nitrogens with one attached hydrogen (secondary N) is 1. The van der Waals surface area contributed by atoms with Crippen LogP contribution in [0.5, 0.6) is 11.5 Å². The zero-order valence-electron chi connectivity index (χ0n) is 16.3. The highest BCUT2D eigenvalue weighted by Gasteiger charge is 2.34. The highest BCUT2D eigenvalue weighted by molar-refractivity contribution is 5.90. The molecule has 7 heteroatoms. The first-order chi connectivity index (χ1) is 14.1. The first-order valence-corrected chi connectivity index (χ1v) is 9.31. The molecule has 3 aromatic rings. The molecule has 1 aromatic heterocycles. The molecule has 2 amide bonds. The van der Waals surface area contributed by atoms with Gasteiger partial charge in [0.15, 0.2) is 0 Å². The highest BCUT2D eigenvalue weighted by atomic mass is 19.1. The molecule has 2 aromatic carbocycles. The molecule has 1 aliphatic heterocycles. The Kier molecular flexibility index (Phi) is 5.12. The first-order valence-electron chi connectivity index (χ1n) is 9.31. The number of nitrogens with zero attached hydrogens (tertiary/aromatic N) is 2. The molecule has 150 valence electrons. The van der Waals surface area contributed by atoms with E-state index in [-0.39, 0.29) is 17.9 Å². The maximum Gasteiger partial charge on any atom is 0.322 e. The number of aromatic nitrogens is 1. The zero-order valence-corrected chi connectivity index (χ0v) is 16.3. The lowest BCUT2D eigenvalue weighted by Crippen LogP contribution is -2.44. The molecule has 1 atom stereocenters. The predicted octanol–water partition coefficient (Wildman–Crippen LogP) is 4.28. The summed E-state index contributed by atoms with van der Waals surface area (Å²) in [7, 11) is 3.20. The number of carbonyl (C=O) groups excluding carboxylic acids is 1. The molecule has 0 aliphatic carbocycles. The summed E-state index contributed by atoms with van der Waals surface area (Å²) in [5.41, 5.74) is 2.40. The van der Waals surface area contributed by atoms with Gasteiger partial charge in [-0.1, -0.05) is 0 Å². The van der Waals surface area contributed by atoms with Gasteiger partial charge in [0.2, 0.25) is 0 Å². The fourth-order valence-corrected chi connectivity index (χ4v) is 3.70. The Labute approximate surface area is 168 Å². The minimum absolute atomic E-state index is 0.257. The van der Waals surface area contributed by atoms with E-state index in [0.29, 0.717) is 30.3 Å². The van der Waals surface area contributed by atoms with Crippen molar-refractivity contribution in [3.63, 3.8) is 0 Å². The van der Waals surface area contributed by atoms with Crippen molar-refractivity contribution in [1.29, 1.82) is 0 Å². The van der Waals surface area contributed by atoms with Gasteiger partial charge in [0.25, 0.3) is 0 Å². The Hall–Kier alpha value is -3.48. The topological polar surface area (TPSA) is 55.7 Å². The zero-order chi connectivity index (χ0) is 20.4. The van der Waals surface area contributed by atoms with Crippen molar-refractivity contribution in [3.8, 4) is 11.5 Å². The quantitative estimate of drug-likeness (QED) is 0.717. The number of hydrogen-bond acceptors (Lipinski definition) is 3. The van der Waals surface area contributed by atoms with Crippen molar-refractivity contribution in [1.82, 2.24) is 9.47 Å². The van der Waals surface area contributed by atoms with Crippen LogP contribution < -0.4 is 14.8 Å². The van der Waals surface area contributed by atoms with E-state index >= 15 is 0 Å². The van der Waals surface area contributed by atoms with E-state index in [4.69, 9.17) is 9.47 Å². The number of anilines is 1. The Morgan fingerprint density at radius 2 is 1.86 bits per heavy atom. The van der Waals surface area contributed by atoms with Gasteiger partial charge in [0.05, 0.1) is 14.2 Å². The molecule has 0 bridgehead atoms. The monoisotopic (exact) mass is 395 g/mol. The number of hydrogen-bond donors (Lipinski definition) is 1. The predicted molar refractivity (Wildman–Crippen MR) is 108 cm³/mol. The number of benzene rings is 2. The Balaban J connectivity index is 1.71. The van der Waals surface area contributed by atoms with E-state index in [1.807, 2.05) is 36.5 Å². The van der Waals surface area contributed by atoms with E-state index in [0.717, 1.165) is 11.3 Å². The molecular formula is C22H22FN3O3. The summed E-state index contributed by atoms with van der Waals surface area (Å²) in [6.45, 7) is 1.21. The highest BCUT2D eigenvalue weighted by Crippen LogP contribution is 2.39. The number of halogens is 1. The number of urea groups is 1. The van der Waals surface area contributed by atoms with Crippen molar-refractivity contribution in [2.24, 2.45) is 0 Å². The molecule has 0 radical (unpaired) electrons. The Bertz CT molecular complexity index is 1020. The SMILES string of the molecule is COc1ccc([C@H]2c3cccn3CCN2C(=O)Nc2ccc(F)cc2)c(OC)c1. The van der Waals surface area contributed by atoms with E-state index in [1.165, 1.54) is 12.1 Å². The molecule has 4 rings (SSSR count). The average molecular weight is 395 g/mol. The molecule has 2 heterocycles. The van der Waals surface area contributed by atoms with Gasteiger partial charge in [-0.05, 0) is 48.5 Å². The van der Waals surface area contributed by atoms with Gasteiger partial charge in [-0.25, -0.2) is 9.18 Å². The molecule has 0 spiro atoms. The van der Waals surface area contributed by atoms with E-state index in [9.17, 15) is 9.18 Å². The van der Waals surface area contributed by atoms with Crippen LogP contribution in [-0.2, 0) is 6.54 Å². The van der Waals surface area contributed by atoms with Crippen LogP contribution in [0.2, 0.25) is 0 Å². The first kappa shape index (κ1) is 18.9. The molecule has 29 heavy (non-hydrogen) atoms. The second kappa shape index (κ2) is 7.87. The van der Waals surface area contributed by atoms with E-state index in [2.05, 4.69) is 9.88 Å². The Morgan fingerprint density at radius 3 is 2.59 bits per heavy atom. The number of methoxy groups -OCH3 is 2. The van der Waals surface area contributed by atoms with Crippen molar-refractivity contribution in [3.05, 3.63) is 77.9 Å². The van der Waals surface area contributed by atoms with Crippen molar-refractivity contribution >= 4 is 11.7 Å². The van der Waals surface area contributed by atoms with E-state index in [1.54, 1.807) is 31.3 Å².